The number of nitrogens with one attached hydrogen (secondary N) is 1. The molecule has 1 aromatic carbocycles. The molecule has 0 aliphatic carbocycles. The van der Waals surface area contributed by atoms with Gasteiger partial charge in [0.15, 0.2) is 6.61 Å². The van der Waals surface area contributed by atoms with E-state index >= 15 is 0 Å². The van der Waals surface area contributed by atoms with Gasteiger partial charge in [-0.15, -0.1) is 12.4 Å². The smallest absolute Gasteiger partial charge is 0.273 e. The molecule has 1 atom stereocenters. The molecule has 0 radical (unpaired) electrons. The maximum absolute atomic E-state index is 13.0. The van der Waals surface area contributed by atoms with Gasteiger partial charge < -0.3 is 15.0 Å². The molecule has 2 aromatic rings. The van der Waals surface area contributed by atoms with Crippen molar-refractivity contribution in [1.29, 1.82) is 0 Å². The monoisotopic (exact) mass is 420 g/mol. The second kappa shape index (κ2) is 11.3. The van der Waals surface area contributed by atoms with Gasteiger partial charge in [-0.3, -0.25) is 19.9 Å². The summed E-state index contributed by atoms with van der Waals surface area (Å²) in [7, 11) is 0. The van der Waals surface area contributed by atoms with E-state index in [0.29, 0.717) is 12.3 Å². The molecule has 0 spiro atoms. The van der Waals surface area contributed by atoms with Crippen LogP contribution in [0, 0.1) is 10.1 Å². The predicted molar refractivity (Wildman–Crippen MR) is 111 cm³/mol. The Morgan fingerprint density at radius 2 is 2.10 bits per heavy atom. The van der Waals surface area contributed by atoms with Crippen molar-refractivity contribution in [1.82, 2.24) is 15.2 Å². The minimum atomic E-state index is -0.486. The van der Waals surface area contributed by atoms with Crippen molar-refractivity contribution in [3.63, 3.8) is 0 Å². The fraction of sp³-hybridized carbons (Fsp3) is 0.400. The third kappa shape index (κ3) is 6.69. The molecule has 29 heavy (non-hydrogen) atoms. The summed E-state index contributed by atoms with van der Waals surface area (Å²) in [5.74, 6) is 0.159. The van der Waals surface area contributed by atoms with Gasteiger partial charge in [-0.05, 0) is 50.6 Å². The Morgan fingerprint density at radius 3 is 2.86 bits per heavy atom. The van der Waals surface area contributed by atoms with Gasteiger partial charge in [-0.25, -0.2) is 0 Å². The first-order chi connectivity index (χ1) is 13.6. The van der Waals surface area contributed by atoms with E-state index in [0.717, 1.165) is 38.0 Å². The van der Waals surface area contributed by atoms with Crippen molar-refractivity contribution in [3.05, 3.63) is 64.5 Å². The molecule has 2 heterocycles. The van der Waals surface area contributed by atoms with Gasteiger partial charge in [0, 0.05) is 18.3 Å². The van der Waals surface area contributed by atoms with Crippen molar-refractivity contribution in [2.75, 3.05) is 19.7 Å². The van der Waals surface area contributed by atoms with Gasteiger partial charge in [0.1, 0.15) is 5.75 Å². The summed E-state index contributed by atoms with van der Waals surface area (Å²) in [4.78, 5) is 29.6. The molecule has 1 aliphatic heterocycles. The van der Waals surface area contributed by atoms with Gasteiger partial charge in [-0.1, -0.05) is 12.1 Å². The molecule has 8 nitrogen and oxygen atoms in total. The highest BCUT2D eigenvalue weighted by molar-refractivity contribution is 5.85. The summed E-state index contributed by atoms with van der Waals surface area (Å²) in [6.07, 6.45) is 4.51. The lowest BCUT2D eigenvalue weighted by molar-refractivity contribution is -0.384. The number of nitro benzene ring substituents is 1. The lowest BCUT2D eigenvalue weighted by Crippen LogP contribution is -2.43. The quantitative estimate of drug-likeness (QED) is 0.546. The first-order valence-corrected chi connectivity index (χ1v) is 9.41. The summed E-state index contributed by atoms with van der Waals surface area (Å²) in [6, 6.07) is 11.6. The number of carbonyl (C=O) groups is 1. The molecule has 1 saturated heterocycles. The third-order valence-electron chi connectivity index (χ3n) is 4.76. The Morgan fingerprint density at radius 1 is 1.24 bits per heavy atom. The molecule has 1 fully saturated rings. The molecule has 1 N–H and O–H groups in total. The molecule has 1 aromatic heterocycles. The molecule has 1 amide bonds. The van der Waals surface area contributed by atoms with Crippen molar-refractivity contribution < 1.29 is 14.5 Å². The Balaban J connectivity index is 0.00000300. The van der Waals surface area contributed by atoms with Crippen LogP contribution in [0.25, 0.3) is 0 Å². The highest BCUT2D eigenvalue weighted by Crippen LogP contribution is 2.20. The van der Waals surface area contributed by atoms with E-state index in [1.165, 1.54) is 12.1 Å². The van der Waals surface area contributed by atoms with E-state index in [1.54, 1.807) is 18.3 Å². The Labute approximate surface area is 175 Å². The minimum absolute atomic E-state index is 0. The predicted octanol–water partition coefficient (Wildman–Crippen LogP) is 2.96. The Hall–Kier alpha value is -2.71. The van der Waals surface area contributed by atoms with E-state index in [9.17, 15) is 14.9 Å². The molecular weight excluding hydrogens is 396 g/mol. The van der Waals surface area contributed by atoms with Crippen LogP contribution in [0.1, 0.15) is 25.0 Å². The van der Waals surface area contributed by atoms with Crippen LogP contribution in [-0.2, 0) is 11.3 Å². The van der Waals surface area contributed by atoms with Gasteiger partial charge >= 0.3 is 0 Å². The number of pyridine rings is 1. The number of non-ortho nitro benzene ring substituents is 1. The number of benzene rings is 1. The second-order valence-corrected chi connectivity index (χ2v) is 6.72. The number of carbonyl (C=O) groups excluding carboxylic acids is 1. The average Bonchev–Trinajstić information content (AvgIpc) is 3.00. The Bertz CT molecular complexity index is 798. The highest BCUT2D eigenvalue weighted by Gasteiger charge is 2.25. The van der Waals surface area contributed by atoms with Crippen LogP contribution in [0.3, 0.4) is 0 Å². The molecular formula is C20H25ClN4O4. The molecule has 1 unspecified atom stereocenters. The van der Waals surface area contributed by atoms with Crippen LogP contribution < -0.4 is 10.1 Å². The van der Waals surface area contributed by atoms with Crippen molar-refractivity contribution >= 4 is 24.0 Å². The molecule has 0 bridgehead atoms. The number of nitrogens with zero attached hydrogens (tertiary/aromatic N) is 3. The van der Waals surface area contributed by atoms with Crippen LogP contribution in [0.4, 0.5) is 5.69 Å². The highest BCUT2D eigenvalue weighted by atomic mass is 35.5. The number of halogens is 1. The Kier molecular flexibility index (Phi) is 8.82. The van der Waals surface area contributed by atoms with E-state index in [-0.39, 0.29) is 36.7 Å². The standard InChI is InChI=1S/C20H24N4O4.ClH/c25-20(15-28-19-8-3-6-18(13-19)24(26)27)23(14-16-5-1-2-11-22-16)17-7-4-10-21-12-9-17;/h1-3,5-6,8,11,13,17,21H,4,7,9-10,12,14-15H2;1H. The molecule has 3 rings (SSSR count). The summed E-state index contributed by atoms with van der Waals surface area (Å²) < 4.78 is 5.57. The van der Waals surface area contributed by atoms with Crippen LogP contribution in [0.2, 0.25) is 0 Å². The fourth-order valence-corrected chi connectivity index (χ4v) is 3.31. The largest absolute Gasteiger partial charge is 0.484 e. The van der Waals surface area contributed by atoms with Crippen molar-refractivity contribution in [3.8, 4) is 5.75 Å². The number of hydrogen-bond acceptors (Lipinski definition) is 6. The first-order valence-electron chi connectivity index (χ1n) is 9.41. The summed E-state index contributed by atoms with van der Waals surface area (Å²) in [5, 5.41) is 14.3. The number of rotatable bonds is 7. The number of nitro groups is 1. The van der Waals surface area contributed by atoms with E-state index in [4.69, 9.17) is 4.74 Å². The zero-order valence-corrected chi connectivity index (χ0v) is 16.8. The van der Waals surface area contributed by atoms with E-state index < -0.39 is 4.92 Å². The van der Waals surface area contributed by atoms with Gasteiger partial charge in [0.2, 0.25) is 0 Å². The van der Waals surface area contributed by atoms with Gasteiger partial charge in [0.25, 0.3) is 11.6 Å². The lowest BCUT2D eigenvalue weighted by atomic mass is 10.1. The van der Waals surface area contributed by atoms with Crippen molar-refractivity contribution in [2.45, 2.75) is 31.8 Å². The van der Waals surface area contributed by atoms with Gasteiger partial charge in [0.05, 0.1) is 23.2 Å². The summed E-state index contributed by atoms with van der Waals surface area (Å²) in [5.41, 5.74) is 0.758. The molecule has 1 aliphatic rings. The van der Waals surface area contributed by atoms with E-state index in [1.807, 2.05) is 23.1 Å². The number of amides is 1. The third-order valence-corrected chi connectivity index (χ3v) is 4.76. The fourth-order valence-electron chi connectivity index (χ4n) is 3.31. The molecule has 0 saturated carbocycles. The van der Waals surface area contributed by atoms with Crippen LogP contribution in [0.15, 0.2) is 48.7 Å². The molecule has 156 valence electrons. The van der Waals surface area contributed by atoms with Gasteiger partial charge in [-0.2, -0.15) is 0 Å². The van der Waals surface area contributed by atoms with Crippen LogP contribution in [0.5, 0.6) is 5.75 Å². The number of hydrogen-bond donors (Lipinski definition) is 1. The zero-order valence-electron chi connectivity index (χ0n) is 16.0. The summed E-state index contributed by atoms with van der Waals surface area (Å²) in [6.45, 7) is 2.06. The van der Waals surface area contributed by atoms with Crippen LogP contribution in [-0.4, -0.2) is 46.5 Å². The molecule has 9 heteroatoms. The minimum Gasteiger partial charge on any atom is -0.484 e. The zero-order chi connectivity index (χ0) is 19.8. The average molecular weight is 421 g/mol. The maximum atomic E-state index is 13.0. The topological polar surface area (TPSA) is 97.6 Å². The first kappa shape index (κ1) is 22.6. The maximum Gasteiger partial charge on any atom is 0.273 e. The SMILES string of the molecule is Cl.O=C(COc1cccc([N+](=O)[O-])c1)N(Cc1ccccn1)C1CCCNCC1. The lowest BCUT2D eigenvalue weighted by Gasteiger charge is -2.31. The van der Waals surface area contributed by atoms with Crippen LogP contribution >= 0.6 is 12.4 Å². The number of ether oxygens (including phenoxy) is 1. The van der Waals surface area contributed by atoms with Crippen molar-refractivity contribution in [2.24, 2.45) is 0 Å². The normalized spacial score (nSPS) is 16.2. The number of aromatic nitrogens is 1. The second-order valence-electron chi connectivity index (χ2n) is 6.72. The van der Waals surface area contributed by atoms with E-state index in [2.05, 4.69) is 10.3 Å². The summed E-state index contributed by atoms with van der Waals surface area (Å²) >= 11 is 0.